The van der Waals surface area contributed by atoms with E-state index in [2.05, 4.69) is 21.8 Å². The third kappa shape index (κ3) is 4.44. The Morgan fingerprint density at radius 1 is 1.06 bits per heavy atom. The quantitative estimate of drug-likeness (QED) is 0.523. The smallest absolute Gasteiger partial charge is 0.225 e. The molecule has 1 aliphatic carbocycles. The van der Waals surface area contributed by atoms with Gasteiger partial charge in [0.15, 0.2) is 9.84 Å². The summed E-state index contributed by atoms with van der Waals surface area (Å²) >= 11 is 0. The summed E-state index contributed by atoms with van der Waals surface area (Å²) in [4.78, 5) is 11.2. The van der Waals surface area contributed by atoms with E-state index >= 15 is 0 Å². The SMILES string of the molecule is CCc1cnc(N2CC3C(COc4ccc(-c5ccc(S(C)(=O)=O)cc5F)cc4)[C@@H]3C2)nc1. The second-order valence-corrected chi connectivity index (χ2v) is 10.9. The topological polar surface area (TPSA) is 72.4 Å². The number of anilines is 1. The van der Waals surface area contributed by atoms with Crippen LogP contribution in [0.25, 0.3) is 11.1 Å². The first-order valence-corrected chi connectivity index (χ1v) is 13.0. The monoisotopic (exact) mass is 467 g/mol. The van der Waals surface area contributed by atoms with E-state index in [0.717, 1.165) is 49.1 Å². The number of sulfone groups is 1. The first-order chi connectivity index (χ1) is 15.8. The van der Waals surface area contributed by atoms with Crippen molar-refractivity contribution in [3.05, 3.63) is 66.2 Å². The molecule has 2 unspecified atom stereocenters. The van der Waals surface area contributed by atoms with Gasteiger partial charge < -0.3 is 9.64 Å². The third-order valence-electron chi connectivity index (χ3n) is 6.73. The Kier molecular flexibility index (Phi) is 5.56. The van der Waals surface area contributed by atoms with Crippen LogP contribution in [-0.2, 0) is 16.3 Å². The van der Waals surface area contributed by atoms with Gasteiger partial charge in [-0.15, -0.1) is 0 Å². The molecule has 2 aliphatic rings. The summed E-state index contributed by atoms with van der Waals surface area (Å²) in [7, 11) is -3.44. The number of aromatic nitrogens is 2. The molecule has 33 heavy (non-hydrogen) atoms. The number of halogens is 1. The summed E-state index contributed by atoms with van der Waals surface area (Å²) in [6.07, 6.45) is 5.82. The van der Waals surface area contributed by atoms with Crippen molar-refractivity contribution in [2.24, 2.45) is 17.8 Å². The van der Waals surface area contributed by atoms with Crippen molar-refractivity contribution in [2.75, 3.05) is 30.9 Å². The summed E-state index contributed by atoms with van der Waals surface area (Å²) in [6, 6.07) is 11.2. The zero-order chi connectivity index (χ0) is 23.2. The molecule has 1 saturated carbocycles. The van der Waals surface area contributed by atoms with Crippen molar-refractivity contribution in [1.29, 1.82) is 0 Å². The van der Waals surface area contributed by atoms with Crippen LogP contribution in [0, 0.1) is 23.6 Å². The van der Waals surface area contributed by atoms with Crippen molar-refractivity contribution in [3.8, 4) is 16.9 Å². The number of nitrogens with zero attached hydrogens (tertiary/aromatic N) is 3. The fourth-order valence-electron chi connectivity index (χ4n) is 4.64. The van der Waals surface area contributed by atoms with Crippen molar-refractivity contribution < 1.29 is 17.5 Å². The minimum atomic E-state index is -3.44. The predicted molar refractivity (Wildman–Crippen MR) is 125 cm³/mol. The van der Waals surface area contributed by atoms with E-state index in [1.807, 2.05) is 24.5 Å². The minimum absolute atomic E-state index is 0.0261. The number of piperidine rings is 1. The second-order valence-electron chi connectivity index (χ2n) is 8.89. The van der Waals surface area contributed by atoms with E-state index in [1.54, 1.807) is 12.1 Å². The number of ether oxygens (including phenoxy) is 1. The standard InChI is InChI=1S/C25H26FN3O3S/c1-3-16-11-27-25(28-12-16)29-13-21-22(14-29)23(21)15-32-18-6-4-17(5-7-18)20-9-8-19(10-24(20)26)33(2,30)31/h4-12,21-23H,3,13-15H2,1-2H3/t21-,22?,23?/m1/s1. The Labute approximate surface area is 193 Å². The van der Waals surface area contributed by atoms with Crippen molar-refractivity contribution in [2.45, 2.75) is 18.2 Å². The van der Waals surface area contributed by atoms with E-state index in [-0.39, 0.29) is 4.90 Å². The maximum atomic E-state index is 14.4. The lowest BCUT2D eigenvalue weighted by Crippen LogP contribution is -2.27. The molecule has 3 aromatic rings. The number of hydrogen-bond donors (Lipinski definition) is 0. The first kappa shape index (κ1) is 21.8. The molecule has 2 fully saturated rings. The highest BCUT2D eigenvalue weighted by molar-refractivity contribution is 7.90. The van der Waals surface area contributed by atoms with Crippen molar-refractivity contribution in [1.82, 2.24) is 9.97 Å². The van der Waals surface area contributed by atoms with E-state index in [9.17, 15) is 12.8 Å². The molecule has 0 radical (unpaired) electrons. The molecule has 6 nitrogen and oxygen atoms in total. The molecule has 1 aliphatic heterocycles. The minimum Gasteiger partial charge on any atom is -0.493 e. The van der Waals surface area contributed by atoms with Crippen LogP contribution in [0.1, 0.15) is 12.5 Å². The Morgan fingerprint density at radius 3 is 2.30 bits per heavy atom. The molecule has 2 aromatic carbocycles. The lowest BCUT2D eigenvalue weighted by Gasteiger charge is -2.19. The van der Waals surface area contributed by atoms with E-state index in [0.29, 0.717) is 35.5 Å². The lowest BCUT2D eigenvalue weighted by atomic mass is 10.1. The highest BCUT2D eigenvalue weighted by atomic mass is 32.2. The molecule has 1 saturated heterocycles. The molecule has 172 valence electrons. The fourth-order valence-corrected chi connectivity index (χ4v) is 5.27. The largest absolute Gasteiger partial charge is 0.493 e. The van der Waals surface area contributed by atoms with Crippen LogP contribution in [0.4, 0.5) is 10.3 Å². The van der Waals surface area contributed by atoms with Crippen LogP contribution in [0.15, 0.2) is 59.8 Å². The average molecular weight is 468 g/mol. The highest BCUT2D eigenvalue weighted by Crippen LogP contribution is 2.52. The maximum absolute atomic E-state index is 14.4. The molecule has 5 rings (SSSR count). The second kappa shape index (κ2) is 8.41. The van der Waals surface area contributed by atoms with Gasteiger partial charge in [0, 0.05) is 43.2 Å². The molecule has 1 aromatic heterocycles. The van der Waals surface area contributed by atoms with E-state index in [1.165, 1.54) is 12.1 Å². The molecule has 3 atom stereocenters. The van der Waals surface area contributed by atoms with Crippen LogP contribution in [0.2, 0.25) is 0 Å². The van der Waals surface area contributed by atoms with Gasteiger partial charge >= 0.3 is 0 Å². The number of benzene rings is 2. The summed E-state index contributed by atoms with van der Waals surface area (Å²) < 4.78 is 43.7. The van der Waals surface area contributed by atoms with E-state index < -0.39 is 15.7 Å². The molecule has 0 amide bonds. The molecular formula is C25H26FN3O3S. The number of hydrogen-bond acceptors (Lipinski definition) is 6. The molecule has 2 heterocycles. The van der Waals surface area contributed by atoms with Gasteiger partial charge in [-0.2, -0.15) is 0 Å². The Bertz CT molecular complexity index is 1250. The molecular weight excluding hydrogens is 441 g/mol. The predicted octanol–water partition coefficient (Wildman–Crippen LogP) is 4.01. The average Bonchev–Trinajstić information content (AvgIpc) is 3.26. The van der Waals surface area contributed by atoms with Gasteiger partial charge in [-0.3, -0.25) is 0 Å². The van der Waals surface area contributed by atoms with Gasteiger partial charge in [-0.05, 0) is 53.6 Å². The van der Waals surface area contributed by atoms with Gasteiger partial charge in [0.1, 0.15) is 11.6 Å². The van der Waals surface area contributed by atoms with Gasteiger partial charge in [0.05, 0.1) is 11.5 Å². The van der Waals surface area contributed by atoms with Crippen LogP contribution < -0.4 is 9.64 Å². The normalized spacial score (nSPS) is 21.7. The van der Waals surface area contributed by atoms with Crippen LogP contribution in [0.3, 0.4) is 0 Å². The van der Waals surface area contributed by atoms with Crippen molar-refractivity contribution >= 4 is 15.8 Å². The van der Waals surface area contributed by atoms with E-state index in [4.69, 9.17) is 4.74 Å². The maximum Gasteiger partial charge on any atom is 0.225 e. The summed E-state index contributed by atoms with van der Waals surface area (Å²) in [6.45, 7) is 4.69. The zero-order valence-corrected chi connectivity index (χ0v) is 19.4. The molecule has 0 spiro atoms. The number of fused-ring (bicyclic) bond motifs is 1. The van der Waals surface area contributed by atoms with Gasteiger partial charge in [0.25, 0.3) is 0 Å². The van der Waals surface area contributed by atoms with Gasteiger partial charge in [-0.1, -0.05) is 25.1 Å². The molecule has 0 bridgehead atoms. The van der Waals surface area contributed by atoms with Crippen molar-refractivity contribution in [3.63, 3.8) is 0 Å². The molecule has 8 heteroatoms. The van der Waals surface area contributed by atoms with Gasteiger partial charge in [0.2, 0.25) is 5.95 Å². The Hall–Kier alpha value is -3.00. The molecule has 0 N–H and O–H groups in total. The van der Waals surface area contributed by atoms with Crippen LogP contribution in [-0.4, -0.2) is 44.3 Å². The number of rotatable bonds is 7. The van der Waals surface area contributed by atoms with Gasteiger partial charge in [-0.25, -0.2) is 22.8 Å². The fraction of sp³-hybridized carbons (Fsp3) is 0.360. The highest BCUT2D eigenvalue weighted by Gasteiger charge is 2.56. The zero-order valence-electron chi connectivity index (χ0n) is 18.6. The number of aryl methyl sites for hydroxylation is 1. The van der Waals surface area contributed by atoms with Crippen LogP contribution in [0.5, 0.6) is 5.75 Å². The summed E-state index contributed by atoms with van der Waals surface area (Å²) in [5.74, 6) is 2.76. The lowest BCUT2D eigenvalue weighted by molar-refractivity contribution is 0.283. The summed E-state index contributed by atoms with van der Waals surface area (Å²) in [5.41, 5.74) is 2.18. The Morgan fingerprint density at radius 2 is 1.73 bits per heavy atom. The summed E-state index contributed by atoms with van der Waals surface area (Å²) in [5, 5.41) is 0. The first-order valence-electron chi connectivity index (χ1n) is 11.1. The third-order valence-corrected chi connectivity index (χ3v) is 7.84. The van der Waals surface area contributed by atoms with Crippen LogP contribution >= 0.6 is 0 Å². The Balaban J connectivity index is 1.15.